The minimum absolute atomic E-state index is 0.0173. The number of phenols is 2. The number of aliphatic hydroxyl groups excluding tert-OH is 2. The first-order chi connectivity index (χ1) is 51.3. The van der Waals surface area contributed by atoms with Crippen molar-refractivity contribution in [1.29, 1.82) is 0 Å². The van der Waals surface area contributed by atoms with E-state index in [-0.39, 0.29) is 37.2 Å². The summed E-state index contributed by atoms with van der Waals surface area (Å²) < 4.78 is 0. The molecule has 0 saturated heterocycles. The van der Waals surface area contributed by atoms with Crippen molar-refractivity contribution in [1.82, 2.24) is 69.1 Å². The van der Waals surface area contributed by atoms with Crippen molar-refractivity contribution >= 4 is 106 Å². The Bertz CT molecular complexity index is 3630. The molecule has 0 aliphatic carbocycles. The highest BCUT2D eigenvalue weighted by Gasteiger charge is 2.39. The van der Waals surface area contributed by atoms with Crippen LogP contribution in [0, 0.1) is 11.8 Å². The van der Waals surface area contributed by atoms with Gasteiger partial charge in [0.15, 0.2) is 0 Å². The average Bonchev–Trinajstić information content (AvgIpc) is 0.896. The Labute approximate surface area is 633 Å². The second kappa shape index (κ2) is 46.3. The first-order valence-corrected chi connectivity index (χ1v) is 36.4. The number of hydrogen-bond acceptors (Lipinski definition) is 22. The van der Waals surface area contributed by atoms with E-state index in [1.54, 1.807) is 57.4 Å². The van der Waals surface area contributed by atoms with Crippen molar-refractivity contribution < 1.29 is 112 Å². The molecule has 0 saturated carbocycles. The summed E-state index contributed by atoms with van der Waals surface area (Å²) in [6.07, 6.45) is -2.41. The van der Waals surface area contributed by atoms with Gasteiger partial charge in [-0.1, -0.05) is 95.1 Å². The fourth-order valence-corrected chi connectivity index (χ4v) is 10.8. The smallest absolute Gasteiger partial charge is 0.326 e. The number of carbonyl (C=O) groups is 16. The van der Waals surface area contributed by atoms with Gasteiger partial charge in [0, 0.05) is 19.3 Å². The summed E-state index contributed by atoms with van der Waals surface area (Å²) in [7, 11) is 0. The van der Waals surface area contributed by atoms with Crippen molar-refractivity contribution in [3.8, 4) is 11.5 Å². The lowest BCUT2D eigenvalue weighted by Gasteiger charge is -2.29. The molecule has 600 valence electrons. The molecule has 0 aromatic heterocycles. The number of hydrogen-bond donors (Lipinski definition) is 21. The number of carboxylic acids is 3. The third-order valence-corrected chi connectivity index (χ3v) is 18.0. The van der Waals surface area contributed by atoms with Crippen LogP contribution in [0.25, 0.3) is 0 Å². The molecule has 0 bridgehead atoms. The Hall–Kier alpha value is -11.0. The van der Waals surface area contributed by atoms with Crippen molar-refractivity contribution in [2.75, 3.05) is 25.2 Å². The Kier molecular flexibility index (Phi) is 39.2. The second-order valence-corrected chi connectivity index (χ2v) is 27.2. The monoisotopic (exact) mass is 1550 g/mol. The molecule has 0 fully saturated rings. The molecular formula is C71H102N14O23S. The van der Waals surface area contributed by atoms with Crippen molar-refractivity contribution in [2.45, 2.75) is 198 Å². The molecule has 0 heterocycles. The number of aliphatic carboxylic acids is 3. The Morgan fingerprint density at radius 2 is 0.807 bits per heavy atom. The minimum Gasteiger partial charge on any atom is -0.508 e. The summed E-state index contributed by atoms with van der Waals surface area (Å²) in [6, 6.07) is -1.15. The van der Waals surface area contributed by atoms with Crippen LogP contribution in [0.4, 0.5) is 0 Å². The van der Waals surface area contributed by atoms with E-state index < -0.39 is 230 Å². The van der Waals surface area contributed by atoms with Crippen LogP contribution in [0.5, 0.6) is 11.5 Å². The molecule has 0 unspecified atom stereocenters. The third-order valence-electron chi connectivity index (χ3n) is 17.3. The molecular weight excluding hydrogens is 1450 g/mol. The van der Waals surface area contributed by atoms with E-state index in [1.807, 2.05) is 0 Å². The molecule has 38 heteroatoms. The number of phenolic OH excluding ortho intramolecular Hbond substituents is 2. The zero-order valence-corrected chi connectivity index (χ0v) is 62.7. The predicted molar refractivity (Wildman–Crippen MR) is 392 cm³/mol. The highest BCUT2D eigenvalue weighted by molar-refractivity contribution is 7.98. The van der Waals surface area contributed by atoms with Gasteiger partial charge < -0.3 is 111 Å². The number of amides is 13. The number of thioether (sulfide) groups is 1. The highest BCUT2D eigenvalue weighted by atomic mass is 32.2. The first kappa shape index (κ1) is 92.2. The minimum atomic E-state index is -2.08. The average molecular weight is 1550 g/mol. The van der Waals surface area contributed by atoms with Crippen LogP contribution >= 0.6 is 11.8 Å². The predicted octanol–water partition coefficient (Wildman–Crippen LogP) is -3.91. The fraction of sp³-hybridized carbons (Fsp3) is 0.521. The van der Waals surface area contributed by atoms with Gasteiger partial charge in [0.25, 0.3) is 0 Å². The van der Waals surface area contributed by atoms with E-state index in [2.05, 4.69) is 69.1 Å². The van der Waals surface area contributed by atoms with Crippen molar-refractivity contribution in [3.05, 3.63) is 95.6 Å². The van der Waals surface area contributed by atoms with E-state index in [0.717, 1.165) is 6.92 Å². The second-order valence-electron chi connectivity index (χ2n) is 26.2. The number of rotatable bonds is 47. The maximum absolute atomic E-state index is 14.5. The van der Waals surface area contributed by atoms with Crippen LogP contribution in [-0.2, 0) is 96.0 Å². The topological polar surface area (TPSA) is 597 Å². The molecule has 0 aliphatic heterocycles. The molecule has 109 heavy (non-hydrogen) atoms. The fourth-order valence-electron chi connectivity index (χ4n) is 10.4. The third kappa shape index (κ3) is 32.2. The van der Waals surface area contributed by atoms with E-state index in [9.17, 15) is 112 Å². The lowest BCUT2D eigenvalue weighted by Crippen LogP contribution is -2.62. The van der Waals surface area contributed by atoms with Crippen molar-refractivity contribution in [2.24, 2.45) is 17.6 Å². The normalized spacial score (nSPS) is 15.4. The van der Waals surface area contributed by atoms with Gasteiger partial charge in [0.2, 0.25) is 76.8 Å². The molecule has 3 aromatic rings. The van der Waals surface area contributed by atoms with Gasteiger partial charge in [-0.3, -0.25) is 71.9 Å². The molecule has 3 rings (SSSR count). The molecule has 16 atom stereocenters. The number of benzene rings is 3. The molecule has 0 aliphatic rings. The number of aromatic hydroxyl groups is 2. The highest BCUT2D eigenvalue weighted by Crippen LogP contribution is 2.17. The quantitative estimate of drug-likeness (QED) is 0.0257. The molecule has 0 spiro atoms. The summed E-state index contributed by atoms with van der Waals surface area (Å²) in [5.41, 5.74) is 7.35. The van der Waals surface area contributed by atoms with Crippen LogP contribution in [0.15, 0.2) is 78.9 Å². The number of carbonyl (C=O) groups excluding carboxylic acids is 13. The molecule has 37 nitrogen and oxygen atoms in total. The van der Waals surface area contributed by atoms with Gasteiger partial charge in [0.05, 0.1) is 31.7 Å². The van der Waals surface area contributed by atoms with E-state index in [1.165, 1.54) is 88.0 Å². The van der Waals surface area contributed by atoms with Gasteiger partial charge >= 0.3 is 17.9 Å². The zero-order chi connectivity index (χ0) is 81.9. The summed E-state index contributed by atoms with van der Waals surface area (Å²) in [4.78, 5) is 215. The maximum Gasteiger partial charge on any atom is 0.326 e. The Balaban J connectivity index is 1.82. The van der Waals surface area contributed by atoms with Crippen LogP contribution in [0.3, 0.4) is 0 Å². The van der Waals surface area contributed by atoms with Crippen molar-refractivity contribution in [3.63, 3.8) is 0 Å². The Morgan fingerprint density at radius 1 is 0.413 bits per heavy atom. The lowest BCUT2D eigenvalue weighted by molar-refractivity contribution is -0.142. The summed E-state index contributed by atoms with van der Waals surface area (Å²) >= 11 is 1.36. The van der Waals surface area contributed by atoms with Gasteiger partial charge in [-0.2, -0.15) is 11.8 Å². The summed E-state index contributed by atoms with van der Waals surface area (Å²) in [5.74, 6) is -19.1. The van der Waals surface area contributed by atoms with Gasteiger partial charge in [-0.15, -0.1) is 0 Å². The Morgan fingerprint density at radius 3 is 1.28 bits per heavy atom. The molecule has 13 amide bonds. The standard InChI is InChI=1S/C71H102N14O23S/c1-10-35(3)56(68(104)76-38(6)60(96)78-48(71(107)108)27-28-109-9)84-61(97)39(7)75-64(100)49(31-43-19-23-45(89)24-20-43)79-65(101)51(32-55(93)94)80-67(103)52(34-86)82-69(105)57(36(4)11-2)85-66(102)50(30-41-15-13-12-14-16-41)81-70(106)58(40(8)87)83-53(90)33-73-63(99)47(25-26-54(91)92)77-59(95)37(5)74-62(98)46(72)29-42-17-21-44(88)22-18-42/h12-24,35-40,46-52,56-58,86-89H,10-11,25-34,72H2,1-9H3,(H,73,99)(H,74,98)(H,75,100)(H,76,104)(H,77,95)(H,78,96)(H,79,101)(H,80,103)(H,81,106)(H,82,105)(H,83,90)(H,84,97)(H,85,102)(H,91,92)(H,93,94)(H,107,108)/t35-,36-,37-,38-,39-,40+,46-,47-,48-,49-,50-,51-,52-,56-,57-,58-/m0/s1. The molecule has 22 N–H and O–H groups in total. The number of carboxylic acid groups (broad SMARTS) is 3. The summed E-state index contributed by atoms with van der Waals surface area (Å²) in [6.45, 7) is 9.22. The van der Waals surface area contributed by atoms with Crippen LogP contribution in [0.2, 0.25) is 0 Å². The van der Waals surface area contributed by atoms with E-state index >= 15 is 0 Å². The molecule has 0 radical (unpaired) electrons. The van der Waals surface area contributed by atoms with Gasteiger partial charge in [0.1, 0.15) is 84.0 Å². The van der Waals surface area contributed by atoms with Crippen LogP contribution in [0.1, 0.15) is 111 Å². The number of nitrogens with two attached hydrogens (primary N) is 1. The van der Waals surface area contributed by atoms with E-state index in [0.29, 0.717) is 28.9 Å². The SMILES string of the molecule is CC[C@H](C)[C@H](NC(=O)[C@H](C)NC(=O)[C@H](Cc1ccc(O)cc1)NC(=O)[C@H](CC(=O)O)NC(=O)[C@H](CO)NC(=O)[C@@H](NC(=O)[C@H](Cc1ccccc1)NC(=O)[C@@H](NC(=O)CNC(=O)[C@H](CCC(=O)O)NC(=O)[C@H](C)NC(=O)[C@@H](N)Cc1ccc(O)cc1)[C@@H](C)O)[C@@H](C)CC)C(=O)N[C@@H](C)C(=O)N[C@@H](CCSC)C(=O)O. The van der Waals surface area contributed by atoms with Crippen LogP contribution in [-0.4, -0.2) is 240 Å². The lowest BCUT2D eigenvalue weighted by atomic mass is 9.96. The van der Waals surface area contributed by atoms with E-state index in [4.69, 9.17) is 5.73 Å². The van der Waals surface area contributed by atoms with Crippen LogP contribution < -0.4 is 74.9 Å². The first-order valence-electron chi connectivity index (χ1n) is 35.0. The number of nitrogens with one attached hydrogen (secondary N) is 13. The number of aliphatic hydroxyl groups is 2. The van der Waals surface area contributed by atoms with Gasteiger partial charge in [-0.25, -0.2) is 4.79 Å². The summed E-state index contributed by atoms with van der Waals surface area (Å²) in [5, 5.41) is 101. The largest absolute Gasteiger partial charge is 0.508 e. The maximum atomic E-state index is 14.5. The van der Waals surface area contributed by atoms with Gasteiger partial charge in [-0.05, 0) is 112 Å². The zero-order valence-electron chi connectivity index (χ0n) is 61.9. The molecule has 3 aromatic carbocycles.